The lowest BCUT2D eigenvalue weighted by atomic mass is 10.1. The van der Waals surface area contributed by atoms with Gasteiger partial charge in [0.15, 0.2) is 0 Å². The SMILES string of the molecule is O=[N+]([O-])c1ccc2c(c1)N(CCO)CCN2CCO. The van der Waals surface area contributed by atoms with Gasteiger partial charge >= 0.3 is 0 Å². The minimum Gasteiger partial charge on any atom is -0.395 e. The Balaban J connectivity index is 2.38. The van der Waals surface area contributed by atoms with E-state index in [1.165, 1.54) is 12.1 Å². The van der Waals surface area contributed by atoms with Crippen LogP contribution in [-0.4, -0.2) is 54.5 Å². The zero-order chi connectivity index (χ0) is 13.8. The Bertz CT molecular complexity index is 466. The van der Waals surface area contributed by atoms with Crippen molar-refractivity contribution < 1.29 is 15.1 Å². The minimum absolute atomic E-state index is 0.00211. The van der Waals surface area contributed by atoms with Gasteiger partial charge in [-0.3, -0.25) is 10.1 Å². The molecule has 2 rings (SSSR count). The maximum atomic E-state index is 10.8. The largest absolute Gasteiger partial charge is 0.395 e. The number of rotatable bonds is 5. The lowest BCUT2D eigenvalue weighted by Gasteiger charge is -2.38. The maximum Gasteiger partial charge on any atom is 0.271 e. The first-order chi connectivity index (χ1) is 9.17. The summed E-state index contributed by atoms with van der Waals surface area (Å²) in [6.07, 6.45) is 0. The van der Waals surface area contributed by atoms with Crippen LogP contribution in [0.15, 0.2) is 18.2 Å². The number of hydrogen-bond donors (Lipinski definition) is 2. The summed E-state index contributed by atoms with van der Waals surface area (Å²) in [5, 5.41) is 29.0. The molecule has 7 heteroatoms. The molecule has 0 aliphatic carbocycles. The third-order valence-electron chi connectivity index (χ3n) is 3.23. The molecule has 0 atom stereocenters. The van der Waals surface area contributed by atoms with Crippen LogP contribution in [0.3, 0.4) is 0 Å². The molecule has 104 valence electrons. The third kappa shape index (κ3) is 2.77. The number of hydrogen-bond acceptors (Lipinski definition) is 6. The second kappa shape index (κ2) is 5.85. The standard InChI is InChI=1S/C12H17N3O4/c16-7-5-13-3-4-14(6-8-17)12-9-10(15(18)19)1-2-11(12)13/h1-2,9,16-17H,3-8H2. The van der Waals surface area contributed by atoms with E-state index in [1.54, 1.807) is 6.07 Å². The first-order valence-electron chi connectivity index (χ1n) is 6.17. The zero-order valence-electron chi connectivity index (χ0n) is 10.5. The highest BCUT2D eigenvalue weighted by molar-refractivity contribution is 5.76. The number of non-ortho nitro benzene ring substituents is 1. The van der Waals surface area contributed by atoms with Crippen molar-refractivity contribution in [1.29, 1.82) is 0 Å². The average Bonchev–Trinajstić information content (AvgIpc) is 2.41. The Morgan fingerprint density at radius 2 is 1.68 bits per heavy atom. The monoisotopic (exact) mass is 267 g/mol. The third-order valence-corrected chi connectivity index (χ3v) is 3.23. The van der Waals surface area contributed by atoms with Crippen molar-refractivity contribution in [2.45, 2.75) is 0 Å². The van der Waals surface area contributed by atoms with Gasteiger partial charge in [0.05, 0.1) is 29.5 Å². The van der Waals surface area contributed by atoms with Gasteiger partial charge in [-0.05, 0) is 6.07 Å². The van der Waals surface area contributed by atoms with Gasteiger partial charge in [0, 0.05) is 38.3 Å². The fraction of sp³-hybridized carbons (Fsp3) is 0.500. The molecule has 1 aromatic carbocycles. The van der Waals surface area contributed by atoms with Crippen molar-refractivity contribution in [3.8, 4) is 0 Å². The van der Waals surface area contributed by atoms with Crippen LogP contribution < -0.4 is 9.80 Å². The molecule has 0 aromatic heterocycles. The summed E-state index contributed by atoms with van der Waals surface area (Å²) in [5.74, 6) is 0. The van der Waals surface area contributed by atoms with Crippen molar-refractivity contribution in [3.63, 3.8) is 0 Å². The van der Waals surface area contributed by atoms with Crippen molar-refractivity contribution >= 4 is 17.1 Å². The molecule has 19 heavy (non-hydrogen) atoms. The second-order valence-electron chi connectivity index (χ2n) is 4.35. The molecule has 0 fully saturated rings. The summed E-state index contributed by atoms with van der Waals surface area (Å²) >= 11 is 0. The number of nitro groups is 1. The summed E-state index contributed by atoms with van der Waals surface area (Å²) in [4.78, 5) is 14.3. The van der Waals surface area contributed by atoms with E-state index in [9.17, 15) is 10.1 Å². The number of β-amino-alcohol motifs (C(OH)–C–C–N with tert-alkyl or cyclic N) is 2. The Morgan fingerprint density at radius 3 is 2.21 bits per heavy atom. The summed E-state index contributed by atoms with van der Waals surface area (Å²) in [7, 11) is 0. The molecule has 0 spiro atoms. The summed E-state index contributed by atoms with van der Waals surface area (Å²) < 4.78 is 0. The molecular formula is C12H17N3O4. The molecule has 0 saturated heterocycles. The van der Waals surface area contributed by atoms with Crippen LogP contribution in [0.5, 0.6) is 0 Å². The lowest BCUT2D eigenvalue weighted by Crippen LogP contribution is -2.43. The van der Waals surface area contributed by atoms with E-state index in [4.69, 9.17) is 10.2 Å². The van der Waals surface area contributed by atoms with E-state index in [-0.39, 0.29) is 18.9 Å². The number of anilines is 2. The van der Waals surface area contributed by atoms with E-state index in [0.29, 0.717) is 19.6 Å². The van der Waals surface area contributed by atoms with E-state index in [2.05, 4.69) is 0 Å². The molecule has 0 unspecified atom stereocenters. The highest BCUT2D eigenvalue weighted by atomic mass is 16.6. The molecule has 0 amide bonds. The van der Waals surface area contributed by atoms with Crippen LogP contribution in [0, 0.1) is 10.1 Å². The highest BCUT2D eigenvalue weighted by Crippen LogP contribution is 2.35. The zero-order valence-corrected chi connectivity index (χ0v) is 10.5. The summed E-state index contributed by atoms with van der Waals surface area (Å²) in [5.41, 5.74) is 1.63. The van der Waals surface area contributed by atoms with Crippen molar-refractivity contribution in [3.05, 3.63) is 28.3 Å². The van der Waals surface area contributed by atoms with Crippen LogP contribution in [0.4, 0.5) is 17.1 Å². The quantitative estimate of drug-likeness (QED) is 0.585. The van der Waals surface area contributed by atoms with Gasteiger partial charge in [0.25, 0.3) is 5.69 Å². The first-order valence-corrected chi connectivity index (χ1v) is 6.17. The maximum absolute atomic E-state index is 10.8. The van der Waals surface area contributed by atoms with Gasteiger partial charge in [0.1, 0.15) is 0 Å². The van der Waals surface area contributed by atoms with Crippen LogP contribution in [-0.2, 0) is 0 Å². The van der Waals surface area contributed by atoms with E-state index in [1.807, 2.05) is 9.80 Å². The Morgan fingerprint density at radius 1 is 1.11 bits per heavy atom. The van der Waals surface area contributed by atoms with Crippen molar-refractivity contribution in [1.82, 2.24) is 0 Å². The lowest BCUT2D eigenvalue weighted by molar-refractivity contribution is -0.384. The minimum atomic E-state index is -0.428. The van der Waals surface area contributed by atoms with E-state index >= 15 is 0 Å². The van der Waals surface area contributed by atoms with Gasteiger partial charge in [0.2, 0.25) is 0 Å². The van der Waals surface area contributed by atoms with Gasteiger partial charge in [-0.2, -0.15) is 0 Å². The summed E-state index contributed by atoms with van der Waals surface area (Å²) in [6, 6.07) is 4.69. The molecule has 1 aliphatic heterocycles. The number of aliphatic hydroxyl groups excluding tert-OH is 2. The fourth-order valence-corrected chi connectivity index (χ4v) is 2.33. The van der Waals surface area contributed by atoms with Crippen LogP contribution in [0.1, 0.15) is 0 Å². The predicted molar refractivity (Wildman–Crippen MR) is 71.7 cm³/mol. The number of nitrogens with zero attached hydrogens (tertiary/aromatic N) is 3. The summed E-state index contributed by atoms with van der Waals surface area (Å²) in [6.45, 7) is 2.39. The number of aliphatic hydroxyl groups is 2. The Hall–Kier alpha value is -1.86. The molecule has 1 heterocycles. The normalized spacial score (nSPS) is 14.4. The number of fused-ring (bicyclic) bond motifs is 1. The predicted octanol–water partition coefficient (Wildman–Crippen LogP) is 0.206. The Labute approximate surface area is 110 Å². The smallest absolute Gasteiger partial charge is 0.271 e. The van der Waals surface area contributed by atoms with Gasteiger partial charge < -0.3 is 20.0 Å². The topological polar surface area (TPSA) is 90.1 Å². The molecule has 0 saturated carbocycles. The molecular weight excluding hydrogens is 250 g/mol. The van der Waals surface area contributed by atoms with Crippen LogP contribution in [0.2, 0.25) is 0 Å². The number of nitro benzene ring substituents is 1. The van der Waals surface area contributed by atoms with Gasteiger partial charge in [-0.1, -0.05) is 0 Å². The van der Waals surface area contributed by atoms with E-state index in [0.717, 1.165) is 17.9 Å². The molecule has 1 aliphatic rings. The van der Waals surface area contributed by atoms with Crippen molar-refractivity contribution in [2.75, 3.05) is 49.2 Å². The fourth-order valence-electron chi connectivity index (χ4n) is 2.33. The molecule has 1 aromatic rings. The van der Waals surface area contributed by atoms with Crippen LogP contribution in [0.25, 0.3) is 0 Å². The second-order valence-corrected chi connectivity index (χ2v) is 4.35. The van der Waals surface area contributed by atoms with Gasteiger partial charge in [-0.25, -0.2) is 0 Å². The molecule has 0 radical (unpaired) electrons. The van der Waals surface area contributed by atoms with Crippen molar-refractivity contribution in [2.24, 2.45) is 0 Å². The van der Waals surface area contributed by atoms with Gasteiger partial charge in [-0.15, -0.1) is 0 Å². The number of benzene rings is 1. The average molecular weight is 267 g/mol. The molecule has 2 N–H and O–H groups in total. The van der Waals surface area contributed by atoms with E-state index < -0.39 is 4.92 Å². The highest BCUT2D eigenvalue weighted by Gasteiger charge is 2.24. The Kier molecular flexibility index (Phi) is 4.18. The molecule has 0 bridgehead atoms. The van der Waals surface area contributed by atoms with Crippen LogP contribution >= 0.6 is 0 Å². The first kappa shape index (κ1) is 13.6. The molecule has 7 nitrogen and oxygen atoms in total.